The Kier molecular flexibility index (Phi) is 4.64. The zero-order chi connectivity index (χ0) is 17.1. The molecule has 0 unspecified atom stereocenters. The molecule has 2 amide bonds. The van der Waals surface area contributed by atoms with Crippen LogP contribution in [-0.4, -0.2) is 35.8 Å². The third kappa shape index (κ3) is 3.64. The van der Waals surface area contributed by atoms with Crippen molar-refractivity contribution in [2.24, 2.45) is 7.05 Å². The number of rotatable bonds is 6. The first kappa shape index (κ1) is 16.2. The highest BCUT2D eigenvalue weighted by Crippen LogP contribution is 2.30. The van der Waals surface area contributed by atoms with Gasteiger partial charge >= 0.3 is 6.03 Å². The summed E-state index contributed by atoms with van der Waals surface area (Å²) in [4.78, 5) is 14.6. The number of amides is 2. The molecule has 0 aliphatic heterocycles. The quantitative estimate of drug-likeness (QED) is 0.885. The SMILES string of the molecule is COc1cc(NC(=O)N(Cc2cccn2C)C2CC2)cc(OC)c1. The van der Waals surface area contributed by atoms with Crippen LogP contribution in [-0.2, 0) is 13.6 Å². The van der Waals surface area contributed by atoms with E-state index in [1.807, 2.05) is 34.8 Å². The normalized spacial score (nSPS) is 13.5. The Morgan fingerprint density at radius 3 is 2.42 bits per heavy atom. The van der Waals surface area contributed by atoms with Gasteiger partial charge in [-0.15, -0.1) is 0 Å². The van der Waals surface area contributed by atoms with E-state index in [1.54, 1.807) is 32.4 Å². The molecule has 1 aromatic heterocycles. The van der Waals surface area contributed by atoms with Crippen LogP contribution in [0.4, 0.5) is 10.5 Å². The van der Waals surface area contributed by atoms with Crippen LogP contribution in [0.2, 0.25) is 0 Å². The number of carbonyl (C=O) groups is 1. The number of ether oxygens (including phenoxy) is 2. The molecule has 24 heavy (non-hydrogen) atoms. The zero-order valence-corrected chi connectivity index (χ0v) is 14.3. The van der Waals surface area contributed by atoms with Gasteiger partial charge in [0.05, 0.1) is 20.8 Å². The largest absolute Gasteiger partial charge is 0.497 e. The summed E-state index contributed by atoms with van der Waals surface area (Å²) in [5.74, 6) is 1.29. The molecule has 1 aromatic carbocycles. The molecule has 1 N–H and O–H groups in total. The van der Waals surface area contributed by atoms with E-state index in [0.717, 1.165) is 18.5 Å². The molecule has 2 aromatic rings. The number of aryl methyl sites for hydroxylation is 1. The maximum atomic E-state index is 12.8. The Labute approximate surface area is 142 Å². The lowest BCUT2D eigenvalue weighted by Crippen LogP contribution is -2.36. The number of hydrogen-bond donors (Lipinski definition) is 1. The van der Waals surface area contributed by atoms with Gasteiger partial charge in [0.2, 0.25) is 0 Å². The molecule has 0 radical (unpaired) electrons. The second-order valence-electron chi connectivity index (χ2n) is 6.00. The smallest absolute Gasteiger partial charge is 0.322 e. The summed E-state index contributed by atoms with van der Waals surface area (Å²) in [6, 6.07) is 9.59. The van der Waals surface area contributed by atoms with Crippen LogP contribution in [0.1, 0.15) is 18.5 Å². The van der Waals surface area contributed by atoms with Crippen LogP contribution in [0.15, 0.2) is 36.5 Å². The van der Waals surface area contributed by atoms with E-state index in [4.69, 9.17) is 9.47 Å². The molecule has 6 nitrogen and oxygen atoms in total. The molecular weight excluding hydrogens is 306 g/mol. The third-order valence-electron chi connectivity index (χ3n) is 4.23. The second kappa shape index (κ2) is 6.86. The van der Waals surface area contributed by atoms with Crippen molar-refractivity contribution < 1.29 is 14.3 Å². The molecule has 3 rings (SSSR count). The third-order valence-corrected chi connectivity index (χ3v) is 4.23. The molecule has 128 valence electrons. The van der Waals surface area contributed by atoms with Crippen molar-refractivity contribution in [1.82, 2.24) is 9.47 Å². The lowest BCUT2D eigenvalue weighted by Gasteiger charge is -2.23. The fourth-order valence-electron chi connectivity index (χ4n) is 2.66. The topological polar surface area (TPSA) is 55.7 Å². The van der Waals surface area contributed by atoms with Gasteiger partial charge in [0.15, 0.2) is 0 Å². The highest BCUT2D eigenvalue weighted by molar-refractivity contribution is 5.90. The summed E-state index contributed by atoms with van der Waals surface area (Å²) in [6.45, 7) is 0.598. The van der Waals surface area contributed by atoms with Gasteiger partial charge in [-0.1, -0.05) is 0 Å². The van der Waals surface area contributed by atoms with Gasteiger partial charge < -0.3 is 24.3 Å². The molecule has 1 aliphatic rings. The molecule has 1 fully saturated rings. The lowest BCUT2D eigenvalue weighted by molar-refractivity contribution is 0.205. The molecule has 1 heterocycles. The minimum absolute atomic E-state index is 0.103. The van der Waals surface area contributed by atoms with Gasteiger partial charge in [-0.3, -0.25) is 0 Å². The van der Waals surface area contributed by atoms with Crippen LogP contribution in [0, 0.1) is 0 Å². The molecule has 0 bridgehead atoms. The number of carbonyl (C=O) groups excluding carboxylic acids is 1. The molecule has 0 saturated heterocycles. The maximum absolute atomic E-state index is 12.8. The van der Waals surface area contributed by atoms with Crippen LogP contribution >= 0.6 is 0 Å². The van der Waals surface area contributed by atoms with Gasteiger partial charge in [-0.2, -0.15) is 0 Å². The summed E-state index contributed by atoms with van der Waals surface area (Å²) >= 11 is 0. The van der Waals surface area contributed by atoms with Crippen molar-refractivity contribution >= 4 is 11.7 Å². The first-order valence-corrected chi connectivity index (χ1v) is 8.01. The Morgan fingerprint density at radius 1 is 1.25 bits per heavy atom. The number of hydrogen-bond acceptors (Lipinski definition) is 3. The van der Waals surface area contributed by atoms with Crippen molar-refractivity contribution in [3.05, 3.63) is 42.2 Å². The summed E-state index contributed by atoms with van der Waals surface area (Å²) in [5.41, 5.74) is 1.77. The molecule has 1 saturated carbocycles. The molecule has 0 spiro atoms. The van der Waals surface area contributed by atoms with Gasteiger partial charge in [0.25, 0.3) is 0 Å². The van der Waals surface area contributed by atoms with E-state index in [9.17, 15) is 4.79 Å². The van der Waals surface area contributed by atoms with Crippen molar-refractivity contribution in [3.8, 4) is 11.5 Å². The van der Waals surface area contributed by atoms with E-state index in [0.29, 0.717) is 29.8 Å². The van der Waals surface area contributed by atoms with Gasteiger partial charge in [-0.05, 0) is 25.0 Å². The monoisotopic (exact) mass is 329 g/mol. The number of methoxy groups -OCH3 is 2. The van der Waals surface area contributed by atoms with Gasteiger partial charge in [0.1, 0.15) is 11.5 Å². The van der Waals surface area contributed by atoms with E-state index in [2.05, 4.69) is 5.32 Å². The lowest BCUT2D eigenvalue weighted by atomic mass is 10.2. The van der Waals surface area contributed by atoms with Crippen LogP contribution in [0.5, 0.6) is 11.5 Å². The fraction of sp³-hybridized carbons (Fsp3) is 0.389. The molecule has 0 atom stereocenters. The Morgan fingerprint density at radius 2 is 1.92 bits per heavy atom. The molecule has 1 aliphatic carbocycles. The summed E-state index contributed by atoms with van der Waals surface area (Å²) in [7, 11) is 5.17. The van der Waals surface area contributed by atoms with E-state index >= 15 is 0 Å². The van der Waals surface area contributed by atoms with Crippen LogP contribution < -0.4 is 14.8 Å². The predicted molar refractivity (Wildman–Crippen MR) is 92.5 cm³/mol. The minimum Gasteiger partial charge on any atom is -0.497 e. The predicted octanol–water partition coefficient (Wildman–Crippen LogP) is 3.24. The summed E-state index contributed by atoms with van der Waals surface area (Å²) in [5, 5.41) is 2.96. The summed E-state index contributed by atoms with van der Waals surface area (Å²) in [6.07, 6.45) is 4.10. The number of nitrogens with one attached hydrogen (secondary N) is 1. The first-order valence-electron chi connectivity index (χ1n) is 8.01. The second-order valence-corrected chi connectivity index (χ2v) is 6.00. The van der Waals surface area contributed by atoms with Crippen molar-refractivity contribution in [3.63, 3.8) is 0 Å². The zero-order valence-electron chi connectivity index (χ0n) is 14.3. The minimum atomic E-state index is -0.103. The fourth-order valence-corrected chi connectivity index (χ4v) is 2.66. The number of nitrogens with zero attached hydrogens (tertiary/aromatic N) is 2. The number of benzene rings is 1. The average Bonchev–Trinajstić information content (AvgIpc) is 3.34. The van der Waals surface area contributed by atoms with E-state index in [-0.39, 0.29) is 6.03 Å². The van der Waals surface area contributed by atoms with Gasteiger partial charge in [-0.25, -0.2) is 4.79 Å². The van der Waals surface area contributed by atoms with Crippen molar-refractivity contribution in [2.75, 3.05) is 19.5 Å². The standard InChI is InChI=1S/C18H23N3O3/c1-20-8-4-5-15(20)12-21(14-6-7-14)18(22)19-13-9-16(23-2)11-17(10-13)24-3/h4-5,8-11,14H,6-7,12H2,1-3H3,(H,19,22). The highest BCUT2D eigenvalue weighted by atomic mass is 16.5. The van der Waals surface area contributed by atoms with Crippen LogP contribution in [0.25, 0.3) is 0 Å². The highest BCUT2D eigenvalue weighted by Gasteiger charge is 2.33. The maximum Gasteiger partial charge on any atom is 0.322 e. The summed E-state index contributed by atoms with van der Waals surface area (Å²) < 4.78 is 12.5. The Hall–Kier alpha value is -2.63. The molecular formula is C18H23N3O3. The first-order chi connectivity index (χ1) is 11.6. The Balaban J connectivity index is 1.75. The Bertz CT molecular complexity index is 700. The number of anilines is 1. The molecule has 6 heteroatoms. The number of aromatic nitrogens is 1. The van der Waals surface area contributed by atoms with E-state index in [1.165, 1.54) is 0 Å². The van der Waals surface area contributed by atoms with Crippen molar-refractivity contribution in [1.29, 1.82) is 0 Å². The van der Waals surface area contributed by atoms with Crippen molar-refractivity contribution in [2.45, 2.75) is 25.4 Å². The average molecular weight is 329 g/mol. The van der Waals surface area contributed by atoms with Gasteiger partial charge in [0, 0.05) is 48.9 Å². The van der Waals surface area contributed by atoms with Crippen LogP contribution in [0.3, 0.4) is 0 Å². The van der Waals surface area contributed by atoms with E-state index < -0.39 is 0 Å². The number of urea groups is 1.